The summed E-state index contributed by atoms with van der Waals surface area (Å²) in [6, 6.07) is 3.20. The number of rotatable bonds is 7. The van der Waals surface area contributed by atoms with Gasteiger partial charge in [-0.15, -0.1) is 11.6 Å². The first-order chi connectivity index (χ1) is 11.5. The first-order valence-corrected chi connectivity index (χ1v) is 7.71. The normalized spacial score (nSPS) is 13.0. The third kappa shape index (κ3) is 3.80. The molecule has 0 aliphatic carbocycles. The topological polar surface area (TPSA) is 122 Å². The number of imide groups is 1. The number of carbonyl (C=O) groups is 3. The van der Waals surface area contributed by atoms with Gasteiger partial charge in [-0.2, -0.15) is 0 Å². The number of nitro groups is 1. The van der Waals surface area contributed by atoms with Crippen LogP contribution in [-0.4, -0.2) is 53.2 Å². The van der Waals surface area contributed by atoms with E-state index in [9.17, 15) is 24.5 Å². The van der Waals surface area contributed by atoms with Crippen molar-refractivity contribution in [1.29, 1.82) is 0 Å². The highest BCUT2D eigenvalue weighted by Crippen LogP contribution is 2.26. The Labute approximate surface area is 142 Å². The maximum atomic E-state index is 12.2. The Kier molecular flexibility index (Phi) is 5.69. The highest BCUT2D eigenvalue weighted by molar-refractivity contribution is 6.21. The predicted molar refractivity (Wildman–Crippen MR) is 85.2 cm³/mol. The van der Waals surface area contributed by atoms with Crippen molar-refractivity contribution in [2.45, 2.75) is 6.42 Å². The molecular weight excluding hydrogens is 340 g/mol. The smallest absolute Gasteiger partial charge is 0.314 e. The average Bonchev–Trinajstić information content (AvgIpc) is 2.80. The van der Waals surface area contributed by atoms with E-state index in [0.717, 1.165) is 11.0 Å². The largest absolute Gasteiger partial charge is 0.338 e. The molecule has 10 heteroatoms. The minimum absolute atomic E-state index is 0.0296. The van der Waals surface area contributed by atoms with E-state index < -0.39 is 16.7 Å². The van der Waals surface area contributed by atoms with Crippen molar-refractivity contribution in [2.24, 2.45) is 0 Å². The average molecular weight is 355 g/mol. The minimum Gasteiger partial charge on any atom is -0.338 e. The molecule has 1 aromatic carbocycles. The van der Waals surface area contributed by atoms with Crippen molar-refractivity contribution >= 4 is 35.1 Å². The van der Waals surface area contributed by atoms with Gasteiger partial charge in [0.05, 0.1) is 16.1 Å². The Hall–Kier alpha value is -2.68. The van der Waals surface area contributed by atoms with Crippen molar-refractivity contribution < 1.29 is 19.3 Å². The number of nitro benzene ring substituents is 1. The van der Waals surface area contributed by atoms with Crippen molar-refractivity contribution in [1.82, 2.24) is 15.5 Å². The molecule has 0 fully saturated rings. The van der Waals surface area contributed by atoms with E-state index in [4.69, 9.17) is 11.6 Å². The molecule has 0 bridgehead atoms. The van der Waals surface area contributed by atoms with Crippen LogP contribution < -0.4 is 10.6 Å². The predicted octanol–water partition coefficient (Wildman–Crippen LogP) is 1.12. The summed E-state index contributed by atoms with van der Waals surface area (Å²) in [5, 5.41) is 15.8. The van der Waals surface area contributed by atoms with E-state index in [1.165, 1.54) is 12.1 Å². The summed E-state index contributed by atoms with van der Waals surface area (Å²) in [4.78, 5) is 46.9. The van der Waals surface area contributed by atoms with Crippen molar-refractivity contribution in [3.63, 3.8) is 0 Å². The quantitative estimate of drug-likeness (QED) is 0.250. The number of hydrogen-bond acceptors (Lipinski definition) is 5. The highest BCUT2D eigenvalue weighted by Gasteiger charge is 2.36. The number of benzene rings is 1. The number of fused-ring (bicyclic) bond motifs is 1. The van der Waals surface area contributed by atoms with Crippen LogP contribution in [-0.2, 0) is 0 Å². The second-order valence-corrected chi connectivity index (χ2v) is 5.35. The minimum atomic E-state index is -0.621. The molecule has 1 aliphatic heterocycles. The Morgan fingerprint density at radius 2 is 1.83 bits per heavy atom. The lowest BCUT2D eigenvalue weighted by Crippen LogP contribution is -2.38. The van der Waals surface area contributed by atoms with Gasteiger partial charge in [-0.25, -0.2) is 4.79 Å². The van der Waals surface area contributed by atoms with Crippen LogP contribution in [0.1, 0.15) is 27.1 Å². The van der Waals surface area contributed by atoms with Crippen LogP contribution in [0.4, 0.5) is 10.5 Å². The van der Waals surface area contributed by atoms with E-state index in [1.54, 1.807) is 0 Å². The van der Waals surface area contributed by atoms with Crippen LogP contribution in [0.25, 0.3) is 0 Å². The number of hydrogen-bond donors (Lipinski definition) is 2. The number of nitrogens with zero attached hydrogens (tertiary/aromatic N) is 2. The molecule has 0 radical (unpaired) electrons. The van der Waals surface area contributed by atoms with Crippen LogP contribution in [0.15, 0.2) is 18.2 Å². The van der Waals surface area contributed by atoms with E-state index in [2.05, 4.69) is 10.6 Å². The maximum absolute atomic E-state index is 12.2. The number of alkyl halides is 1. The van der Waals surface area contributed by atoms with E-state index in [-0.39, 0.29) is 35.9 Å². The van der Waals surface area contributed by atoms with Gasteiger partial charge in [-0.05, 0) is 12.5 Å². The lowest BCUT2D eigenvalue weighted by molar-refractivity contribution is -0.384. The van der Waals surface area contributed by atoms with Gasteiger partial charge in [0.25, 0.3) is 17.5 Å². The van der Waals surface area contributed by atoms with Gasteiger partial charge >= 0.3 is 6.03 Å². The van der Waals surface area contributed by atoms with Crippen LogP contribution in [0.5, 0.6) is 0 Å². The number of urea groups is 1. The van der Waals surface area contributed by atoms with E-state index in [0.29, 0.717) is 18.8 Å². The Bertz CT molecular complexity index is 694. The Balaban J connectivity index is 1.91. The van der Waals surface area contributed by atoms with Gasteiger partial charge in [0.15, 0.2) is 0 Å². The van der Waals surface area contributed by atoms with Gasteiger partial charge in [-0.3, -0.25) is 24.6 Å². The zero-order valence-corrected chi connectivity index (χ0v) is 13.3. The summed E-state index contributed by atoms with van der Waals surface area (Å²) in [7, 11) is 0. The highest BCUT2D eigenvalue weighted by atomic mass is 35.5. The van der Waals surface area contributed by atoms with E-state index in [1.807, 2.05) is 0 Å². The molecule has 4 amide bonds. The molecule has 0 spiro atoms. The summed E-state index contributed by atoms with van der Waals surface area (Å²) < 4.78 is 0. The van der Waals surface area contributed by atoms with Crippen LogP contribution in [0, 0.1) is 10.1 Å². The second-order valence-electron chi connectivity index (χ2n) is 4.97. The first kappa shape index (κ1) is 17.7. The molecule has 0 saturated carbocycles. The molecular formula is C14H15ClN4O5. The van der Waals surface area contributed by atoms with Crippen LogP contribution >= 0.6 is 11.6 Å². The molecule has 24 heavy (non-hydrogen) atoms. The monoisotopic (exact) mass is 354 g/mol. The van der Waals surface area contributed by atoms with Gasteiger partial charge in [0.2, 0.25) is 0 Å². The zero-order chi connectivity index (χ0) is 17.7. The summed E-state index contributed by atoms with van der Waals surface area (Å²) >= 11 is 5.43. The number of nitrogens with one attached hydrogen (secondary N) is 2. The van der Waals surface area contributed by atoms with E-state index >= 15 is 0 Å². The second kappa shape index (κ2) is 7.73. The van der Waals surface area contributed by atoms with Crippen molar-refractivity contribution in [2.75, 3.05) is 25.5 Å². The van der Waals surface area contributed by atoms with Crippen LogP contribution in [0.2, 0.25) is 0 Å². The molecule has 0 aromatic heterocycles. The molecule has 128 valence electrons. The summed E-state index contributed by atoms with van der Waals surface area (Å²) in [6.07, 6.45) is 0.363. The molecule has 0 unspecified atom stereocenters. The van der Waals surface area contributed by atoms with Gasteiger partial charge < -0.3 is 10.6 Å². The summed E-state index contributed by atoms with van der Waals surface area (Å²) in [5.41, 5.74) is -0.0604. The molecule has 9 nitrogen and oxygen atoms in total. The standard InChI is InChI=1S/C14H15ClN4O5/c15-4-6-17-14(22)16-5-1-7-18-12(20)10-3-2-9(19(23)24)8-11(10)13(18)21/h2-3,8H,1,4-7H2,(H2,16,17,22). The fourth-order valence-corrected chi connectivity index (χ4v) is 2.35. The third-order valence-electron chi connectivity index (χ3n) is 3.39. The molecule has 2 rings (SSSR count). The zero-order valence-electron chi connectivity index (χ0n) is 12.6. The SMILES string of the molecule is O=C(NCCCl)NCCCN1C(=O)c2ccc([N+](=O)[O-])cc2C1=O. The fraction of sp³-hybridized carbons (Fsp3) is 0.357. The van der Waals surface area contributed by atoms with Gasteiger partial charge in [0.1, 0.15) is 0 Å². The molecule has 0 atom stereocenters. The molecule has 1 aromatic rings. The number of carbonyl (C=O) groups excluding carboxylic acids is 3. The first-order valence-electron chi connectivity index (χ1n) is 7.18. The third-order valence-corrected chi connectivity index (χ3v) is 3.58. The van der Waals surface area contributed by atoms with Gasteiger partial charge in [0, 0.05) is 37.6 Å². The lowest BCUT2D eigenvalue weighted by Gasteiger charge is -2.13. The Morgan fingerprint density at radius 1 is 1.17 bits per heavy atom. The maximum Gasteiger partial charge on any atom is 0.314 e. The molecule has 0 saturated heterocycles. The summed E-state index contributed by atoms with van der Waals surface area (Å²) in [6.45, 7) is 0.710. The number of halogens is 1. The molecule has 1 aliphatic rings. The van der Waals surface area contributed by atoms with Crippen molar-refractivity contribution in [3.05, 3.63) is 39.4 Å². The van der Waals surface area contributed by atoms with Crippen molar-refractivity contribution in [3.8, 4) is 0 Å². The lowest BCUT2D eigenvalue weighted by atomic mass is 10.1. The number of non-ortho nitro benzene ring substituents is 1. The van der Waals surface area contributed by atoms with Crippen LogP contribution in [0.3, 0.4) is 0 Å². The Morgan fingerprint density at radius 3 is 2.50 bits per heavy atom. The van der Waals surface area contributed by atoms with Gasteiger partial charge in [-0.1, -0.05) is 0 Å². The fourth-order valence-electron chi connectivity index (χ4n) is 2.26. The summed E-state index contributed by atoms with van der Waals surface area (Å²) in [5.74, 6) is -0.754. The number of amides is 4. The molecule has 2 N–H and O–H groups in total. The molecule has 1 heterocycles.